The molecule has 0 aliphatic heterocycles. The van der Waals surface area contributed by atoms with Gasteiger partial charge in [0.15, 0.2) is 0 Å². The average Bonchev–Trinajstić information content (AvgIpc) is 3.32. The van der Waals surface area contributed by atoms with Crippen LogP contribution >= 0.6 is 34.7 Å². The largest absolute Gasteiger partial charge is 0.410 e. The van der Waals surface area contributed by atoms with E-state index in [9.17, 15) is 9.18 Å². The summed E-state index contributed by atoms with van der Waals surface area (Å²) in [6, 6.07) is 13.4. The number of thioether (sulfide) groups is 1. The average molecular weight is 448 g/mol. The Labute approximate surface area is 179 Å². The summed E-state index contributed by atoms with van der Waals surface area (Å²) in [5.74, 6) is -0.251. The summed E-state index contributed by atoms with van der Waals surface area (Å²) in [6.07, 6.45) is 0.555. The molecule has 0 radical (unpaired) electrons. The summed E-state index contributed by atoms with van der Waals surface area (Å²) in [6.45, 7) is 1.89. The van der Waals surface area contributed by atoms with E-state index in [2.05, 4.69) is 15.5 Å². The molecule has 148 valence electrons. The van der Waals surface area contributed by atoms with Crippen molar-refractivity contribution in [2.45, 2.75) is 23.8 Å². The maximum Gasteiger partial charge on any atom is 0.277 e. The lowest BCUT2D eigenvalue weighted by Gasteiger charge is -2.12. The van der Waals surface area contributed by atoms with E-state index in [0.717, 1.165) is 10.1 Å². The first-order valence-corrected chi connectivity index (χ1v) is 10.9. The third-order valence-corrected chi connectivity index (χ3v) is 7.02. The van der Waals surface area contributed by atoms with Crippen LogP contribution in [0.5, 0.6) is 0 Å². The maximum atomic E-state index is 13.0. The lowest BCUT2D eigenvalue weighted by molar-refractivity contribution is -0.115. The number of benzene rings is 2. The normalized spacial score (nSPS) is 12.2. The SMILES string of the molecule is CCC(Sc1nnc(-c2sc3ccccc3c2Cl)o1)C(=O)Nc1ccc(F)cc1. The Morgan fingerprint density at radius 3 is 2.72 bits per heavy atom. The highest BCUT2D eigenvalue weighted by Gasteiger charge is 2.23. The van der Waals surface area contributed by atoms with E-state index in [1.165, 1.54) is 47.4 Å². The lowest BCUT2D eigenvalue weighted by atomic mass is 10.2. The van der Waals surface area contributed by atoms with Crippen LogP contribution < -0.4 is 5.32 Å². The zero-order chi connectivity index (χ0) is 20.4. The molecule has 1 amide bonds. The second-order valence-corrected chi connectivity index (χ2v) is 8.71. The van der Waals surface area contributed by atoms with Crippen molar-refractivity contribution in [3.63, 3.8) is 0 Å². The fourth-order valence-corrected chi connectivity index (χ4v) is 4.93. The van der Waals surface area contributed by atoms with Gasteiger partial charge >= 0.3 is 0 Å². The molecule has 1 unspecified atom stereocenters. The van der Waals surface area contributed by atoms with Crippen molar-refractivity contribution in [3.05, 3.63) is 59.4 Å². The summed E-state index contributed by atoms with van der Waals surface area (Å²) in [5.41, 5.74) is 0.527. The molecular formula is C20H15ClFN3O2S2. The third-order valence-electron chi connectivity index (χ3n) is 4.15. The van der Waals surface area contributed by atoms with Crippen molar-refractivity contribution in [1.82, 2.24) is 10.2 Å². The molecule has 0 saturated carbocycles. The Kier molecular flexibility index (Phi) is 5.84. The predicted octanol–water partition coefficient (Wildman–Crippen LogP) is 6.25. The van der Waals surface area contributed by atoms with Gasteiger partial charge in [0.1, 0.15) is 10.7 Å². The number of carbonyl (C=O) groups excluding carboxylic acids is 1. The number of fused-ring (bicyclic) bond motifs is 1. The molecule has 4 rings (SSSR count). The Balaban J connectivity index is 1.50. The van der Waals surface area contributed by atoms with Gasteiger partial charge in [-0.3, -0.25) is 4.79 Å². The molecule has 0 bridgehead atoms. The van der Waals surface area contributed by atoms with Gasteiger partial charge in [-0.2, -0.15) is 0 Å². The Morgan fingerprint density at radius 1 is 1.24 bits per heavy atom. The zero-order valence-corrected chi connectivity index (χ0v) is 17.6. The molecule has 2 aromatic heterocycles. The Morgan fingerprint density at radius 2 is 2.00 bits per heavy atom. The van der Waals surface area contributed by atoms with E-state index in [4.69, 9.17) is 16.0 Å². The summed E-state index contributed by atoms with van der Waals surface area (Å²) in [4.78, 5) is 13.3. The number of rotatable bonds is 6. The fraction of sp³-hybridized carbons (Fsp3) is 0.150. The predicted molar refractivity (Wildman–Crippen MR) is 115 cm³/mol. The molecule has 29 heavy (non-hydrogen) atoms. The van der Waals surface area contributed by atoms with Gasteiger partial charge in [-0.15, -0.1) is 21.5 Å². The molecule has 5 nitrogen and oxygen atoms in total. The van der Waals surface area contributed by atoms with Crippen molar-refractivity contribution < 1.29 is 13.6 Å². The van der Waals surface area contributed by atoms with E-state index < -0.39 is 5.25 Å². The van der Waals surface area contributed by atoms with Crippen molar-refractivity contribution in [2.24, 2.45) is 0 Å². The minimum absolute atomic E-state index is 0.219. The quantitative estimate of drug-likeness (QED) is 0.353. The number of halogens is 2. The topological polar surface area (TPSA) is 68.0 Å². The Bertz CT molecular complexity index is 1160. The van der Waals surface area contributed by atoms with Crippen LogP contribution in [0.4, 0.5) is 10.1 Å². The van der Waals surface area contributed by atoms with E-state index in [-0.39, 0.29) is 16.9 Å². The number of aromatic nitrogens is 2. The number of thiophene rings is 1. The van der Waals surface area contributed by atoms with Crippen LogP contribution in [0, 0.1) is 5.82 Å². The number of nitrogens with one attached hydrogen (secondary N) is 1. The molecule has 0 aliphatic rings. The minimum atomic E-state index is -0.439. The summed E-state index contributed by atoms with van der Waals surface area (Å²) in [5, 5.41) is 12.3. The summed E-state index contributed by atoms with van der Waals surface area (Å²) >= 11 is 9.13. The number of nitrogens with zero attached hydrogens (tertiary/aromatic N) is 2. The monoisotopic (exact) mass is 447 g/mol. The maximum absolute atomic E-state index is 13.0. The summed E-state index contributed by atoms with van der Waals surface area (Å²) in [7, 11) is 0. The van der Waals surface area contributed by atoms with Crippen molar-refractivity contribution in [1.29, 1.82) is 0 Å². The minimum Gasteiger partial charge on any atom is -0.410 e. The van der Waals surface area contributed by atoms with Crippen LogP contribution in [-0.2, 0) is 4.79 Å². The number of carbonyl (C=O) groups is 1. The highest BCUT2D eigenvalue weighted by Crippen LogP contribution is 2.42. The lowest BCUT2D eigenvalue weighted by Crippen LogP contribution is -2.24. The molecular weight excluding hydrogens is 433 g/mol. The molecule has 0 spiro atoms. The molecule has 4 aromatic rings. The van der Waals surface area contributed by atoms with Crippen LogP contribution in [0.3, 0.4) is 0 Å². The number of amides is 1. The van der Waals surface area contributed by atoms with Gasteiger partial charge in [0.05, 0.1) is 10.3 Å². The molecule has 9 heteroatoms. The molecule has 0 fully saturated rings. The van der Waals surface area contributed by atoms with Gasteiger partial charge in [0, 0.05) is 15.8 Å². The third kappa shape index (κ3) is 4.29. The van der Waals surface area contributed by atoms with E-state index in [1.54, 1.807) is 0 Å². The molecule has 0 aliphatic carbocycles. The second-order valence-electron chi connectivity index (χ2n) is 6.13. The highest BCUT2D eigenvalue weighted by atomic mass is 35.5. The zero-order valence-electron chi connectivity index (χ0n) is 15.2. The van der Waals surface area contributed by atoms with Gasteiger partial charge in [0.2, 0.25) is 5.91 Å². The number of anilines is 1. The molecule has 1 N–H and O–H groups in total. The van der Waals surface area contributed by atoms with E-state index in [0.29, 0.717) is 27.9 Å². The van der Waals surface area contributed by atoms with E-state index in [1.807, 2.05) is 31.2 Å². The van der Waals surface area contributed by atoms with Gasteiger partial charge in [-0.1, -0.05) is 48.5 Å². The first kappa shape index (κ1) is 19.9. The van der Waals surface area contributed by atoms with Crippen LogP contribution in [0.15, 0.2) is 58.2 Å². The highest BCUT2D eigenvalue weighted by molar-refractivity contribution is 8.00. The van der Waals surface area contributed by atoms with Crippen LogP contribution in [-0.4, -0.2) is 21.4 Å². The number of hydrogen-bond acceptors (Lipinski definition) is 6. The standard InChI is InChI=1S/C20H15ClFN3O2S2/c1-2-14(18(26)23-12-9-7-11(22)8-10-12)29-20-25-24-19(27-20)17-16(21)13-5-3-4-6-15(13)28-17/h3-10,14H,2H2,1H3,(H,23,26). The van der Waals surface area contributed by atoms with Gasteiger partial charge in [-0.05, 0) is 36.8 Å². The van der Waals surface area contributed by atoms with Crippen LogP contribution in [0.25, 0.3) is 20.9 Å². The van der Waals surface area contributed by atoms with Gasteiger partial charge in [-0.25, -0.2) is 4.39 Å². The second kappa shape index (κ2) is 8.52. The molecule has 0 saturated heterocycles. The van der Waals surface area contributed by atoms with Crippen molar-refractivity contribution >= 4 is 56.4 Å². The first-order chi connectivity index (χ1) is 14.0. The molecule has 1 atom stereocenters. The van der Waals surface area contributed by atoms with E-state index >= 15 is 0 Å². The fourth-order valence-electron chi connectivity index (χ4n) is 2.70. The van der Waals surface area contributed by atoms with Crippen LogP contribution in [0.2, 0.25) is 5.02 Å². The van der Waals surface area contributed by atoms with Crippen molar-refractivity contribution in [3.8, 4) is 10.8 Å². The van der Waals surface area contributed by atoms with Crippen molar-refractivity contribution in [2.75, 3.05) is 5.32 Å². The molecule has 2 heterocycles. The van der Waals surface area contributed by atoms with Gasteiger partial charge < -0.3 is 9.73 Å². The van der Waals surface area contributed by atoms with Crippen LogP contribution in [0.1, 0.15) is 13.3 Å². The summed E-state index contributed by atoms with van der Waals surface area (Å²) < 4.78 is 19.8. The smallest absolute Gasteiger partial charge is 0.277 e. The van der Waals surface area contributed by atoms with Gasteiger partial charge in [0.25, 0.3) is 11.1 Å². The Hall–Kier alpha value is -2.42. The number of hydrogen-bond donors (Lipinski definition) is 1. The first-order valence-electron chi connectivity index (χ1n) is 8.79. The molecule has 2 aromatic carbocycles.